The molecule has 2 N–H and O–H groups in total. The molecule has 1 aromatic rings. The van der Waals surface area contributed by atoms with Crippen LogP contribution in [0.3, 0.4) is 0 Å². The Kier molecular flexibility index (Phi) is 4.99. The number of sulfonamides is 1. The summed E-state index contributed by atoms with van der Waals surface area (Å²) in [5.74, 6) is -2.85. The van der Waals surface area contributed by atoms with Gasteiger partial charge in [0.1, 0.15) is 5.82 Å². The predicted octanol–water partition coefficient (Wildman–Crippen LogP) is 0.179. The van der Waals surface area contributed by atoms with Gasteiger partial charge in [0.25, 0.3) is 0 Å². The summed E-state index contributed by atoms with van der Waals surface area (Å²) in [6, 6.07) is 3.59. The first kappa shape index (κ1) is 16.7. The number of anilines is 1. The largest absolute Gasteiger partial charge is 0.332 e. The third-order valence-corrected chi connectivity index (χ3v) is 4.66. The van der Waals surface area contributed by atoms with Crippen LogP contribution >= 0.6 is 11.6 Å². The first-order valence-electron chi connectivity index (χ1n) is 6.31. The highest BCUT2D eigenvalue weighted by atomic mass is 35.5. The predicted molar refractivity (Wildman–Crippen MR) is 78.4 cm³/mol. The number of rotatable bonds is 1. The lowest BCUT2D eigenvalue weighted by atomic mass is 10.3. The van der Waals surface area contributed by atoms with Gasteiger partial charge in [-0.3, -0.25) is 9.59 Å². The fourth-order valence-electron chi connectivity index (χ4n) is 1.86. The molecule has 1 saturated heterocycles. The number of hydrogen-bond donors (Lipinski definition) is 2. The molecule has 10 heteroatoms. The number of amides is 2. The Morgan fingerprint density at radius 2 is 2.05 bits per heavy atom. The number of nitrogens with zero attached hydrogens (tertiary/aromatic N) is 1. The molecule has 22 heavy (non-hydrogen) atoms. The van der Waals surface area contributed by atoms with Crippen LogP contribution in [0.5, 0.6) is 0 Å². The zero-order chi connectivity index (χ0) is 16.3. The van der Waals surface area contributed by atoms with Gasteiger partial charge in [0, 0.05) is 25.3 Å². The standard InChI is InChI=1S/C12H13ClFN3O4S/c13-9-2-1-8(7-10(9)14)16-11(18)12(19)17-4-3-15-22(20,21)6-5-17/h1-2,7,15H,3-6H2,(H,16,18). The summed E-state index contributed by atoms with van der Waals surface area (Å²) in [6.07, 6.45) is 0. The van der Waals surface area contributed by atoms with Crippen LogP contribution in [0.2, 0.25) is 5.02 Å². The van der Waals surface area contributed by atoms with Crippen LogP contribution < -0.4 is 10.0 Å². The quantitative estimate of drug-likeness (QED) is 0.707. The maximum atomic E-state index is 13.3. The Labute approximate surface area is 131 Å². The summed E-state index contributed by atoms with van der Waals surface area (Å²) in [7, 11) is -3.42. The van der Waals surface area contributed by atoms with Crippen molar-refractivity contribution in [3.05, 3.63) is 29.0 Å². The van der Waals surface area contributed by atoms with Gasteiger partial charge >= 0.3 is 11.8 Å². The van der Waals surface area contributed by atoms with Crippen molar-refractivity contribution in [2.45, 2.75) is 0 Å². The maximum Gasteiger partial charge on any atom is 0.313 e. The molecule has 1 fully saturated rings. The van der Waals surface area contributed by atoms with E-state index in [1.165, 1.54) is 12.1 Å². The molecule has 0 aromatic heterocycles. The molecule has 1 aliphatic rings. The topological polar surface area (TPSA) is 95.6 Å². The van der Waals surface area contributed by atoms with E-state index in [2.05, 4.69) is 10.0 Å². The second-order valence-electron chi connectivity index (χ2n) is 4.59. The van der Waals surface area contributed by atoms with Gasteiger partial charge in [-0.25, -0.2) is 17.5 Å². The van der Waals surface area contributed by atoms with E-state index >= 15 is 0 Å². The minimum absolute atomic E-state index is 0.0386. The Morgan fingerprint density at radius 3 is 2.73 bits per heavy atom. The molecule has 0 atom stereocenters. The van der Waals surface area contributed by atoms with Crippen LogP contribution in [0.1, 0.15) is 0 Å². The first-order valence-corrected chi connectivity index (χ1v) is 8.34. The minimum Gasteiger partial charge on any atom is -0.332 e. The van der Waals surface area contributed by atoms with Crippen LogP contribution in [0.4, 0.5) is 10.1 Å². The van der Waals surface area contributed by atoms with Gasteiger partial charge in [-0.2, -0.15) is 0 Å². The van der Waals surface area contributed by atoms with Crippen molar-refractivity contribution in [1.82, 2.24) is 9.62 Å². The normalized spacial score (nSPS) is 17.6. The van der Waals surface area contributed by atoms with Crippen molar-refractivity contribution in [2.24, 2.45) is 0 Å². The summed E-state index contributed by atoms with van der Waals surface area (Å²) >= 11 is 5.52. The molecule has 0 unspecified atom stereocenters. The molecule has 7 nitrogen and oxygen atoms in total. The van der Waals surface area contributed by atoms with E-state index in [0.29, 0.717) is 0 Å². The molecule has 0 saturated carbocycles. The molecule has 0 spiro atoms. The number of carbonyl (C=O) groups excluding carboxylic acids is 2. The van der Waals surface area contributed by atoms with E-state index in [9.17, 15) is 22.4 Å². The second kappa shape index (κ2) is 6.59. The molecule has 120 valence electrons. The number of nitrogens with one attached hydrogen (secondary N) is 2. The molecule has 1 heterocycles. The average molecular weight is 350 g/mol. The van der Waals surface area contributed by atoms with E-state index < -0.39 is 27.7 Å². The monoisotopic (exact) mass is 349 g/mol. The summed E-state index contributed by atoms with van der Waals surface area (Å²) in [5, 5.41) is 2.15. The molecule has 1 aliphatic heterocycles. The molecular formula is C12H13ClFN3O4S. The molecule has 0 radical (unpaired) electrons. The van der Waals surface area contributed by atoms with Crippen molar-refractivity contribution in [3.63, 3.8) is 0 Å². The van der Waals surface area contributed by atoms with Gasteiger partial charge in [0.2, 0.25) is 10.0 Å². The minimum atomic E-state index is -3.42. The summed E-state index contributed by atoms with van der Waals surface area (Å²) in [4.78, 5) is 25.0. The van der Waals surface area contributed by atoms with Crippen LogP contribution in [0, 0.1) is 5.82 Å². The highest BCUT2D eigenvalue weighted by Gasteiger charge is 2.26. The fraction of sp³-hybridized carbons (Fsp3) is 0.333. The molecule has 1 aromatic carbocycles. The highest BCUT2D eigenvalue weighted by molar-refractivity contribution is 7.89. The number of hydrogen-bond acceptors (Lipinski definition) is 4. The van der Waals surface area contributed by atoms with Gasteiger partial charge in [-0.15, -0.1) is 0 Å². The number of benzene rings is 1. The molecule has 2 amide bonds. The number of halogens is 2. The van der Waals surface area contributed by atoms with Crippen molar-refractivity contribution < 1.29 is 22.4 Å². The van der Waals surface area contributed by atoms with Gasteiger partial charge in [-0.1, -0.05) is 11.6 Å². The van der Waals surface area contributed by atoms with E-state index in [0.717, 1.165) is 11.0 Å². The van der Waals surface area contributed by atoms with E-state index in [1.54, 1.807) is 0 Å². The lowest BCUT2D eigenvalue weighted by Crippen LogP contribution is -2.42. The summed E-state index contributed by atoms with van der Waals surface area (Å²) in [5.41, 5.74) is 0.0841. The van der Waals surface area contributed by atoms with Crippen molar-refractivity contribution in [2.75, 3.05) is 30.7 Å². The van der Waals surface area contributed by atoms with Crippen molar-refractivity contribution in [1.29, 1.82) is 0 Å². The van der Waals surface area contributed by atoms with Crippen LogP contribution in [0.25, 0.3) is 0 Å². The number of carbonyl (C=O) groups is 2. The highest BCUT2D eigenvalue weighted by Crippen LogP contribution is 2.18. The maximum absolute atomic E-state index is 13.3. The van der Waals surface area contributed by atoms with Gasteiger partial charge in [0.05, 0.1) is 10.8 Å². The lowest BCUT2D eigenvalue weighted by Gasteiger charge is -2.18. The molecular weight excluding hydrogens is 337 g/mol. The van der Waals surface area contributed by atoms with Crippen molar-refractivity contribution >= 4 is 39.1 Å². The van der Waals surface area contributed by atoms with Crippen molar-refractivity contribution in [3.8, 4) is 0 Å². The third kappa shape index (κ3) is 4.15. The SMILES string of the molecule is O=C(Nc1ccc(Cl)c(F)c1)C(=O)N1CCNS(=O)(=O)CC1. The molecule has 0 aliphatic carbocycles. The van der Waals surface area contributed by atoms with Gasteiger partial charge in [-0.05, 0) is 18.2 Å². The summed E-state index contributed by atoms with van der Waals surface area (Å²) in [6.45, 7) is 0.0357. The fourth-order valence-corrected chi connectivity index (χ4v) is 2.98. The Morgan fingerprint density at radius 1 is 1.32 bits per heavy atom. The lowest BCUT2D eigenvalue weighted by molar-refractivity contribution is -0.142. The van der Waals surface area contributed by atoms with Crippen LogP contribution in [0.15, 0.2) is 18.2 Å². The Hall–Kier alpha value is -1.71. The molecule has 0 bridgehead atoms. The van der Waals surface area contributed by atoms with E-state index in [1.807, 2.05) is 0 Å². The van der Waals surface area contributed by atoms with E-state index in [-0.39, 0.29) is 36.1 Å². The van der Waals surface area contributed by atoms with Gasteiger partial charge < -0.3 is 10.2 Å². The Balaban J connectivity index is 2.02. The average Bonchev–Trinajstić information content (AvgIpc) is 2.63. The van der Waals surface area contributed by atoms with E-state index in [4.69, 9.17) is 11.6 Å². The Bertz CT molecular complexity index is 710. The van der Waals surface area contributed by atoms with Crippen LogP contribution in [-0.2, 0) is 19.6 Å². The van der Waals surface area contributed by atoms with Crippen LogP contribution in [-0.4, -0.2) is 50.5 Å². The second-order valence-corrected chi connectivity index (χ2v) is 6.92. The van der Waals surface area contributed by atoms with Gasteiger partial charge in [0.15, 0.2) is 0 Å². The zero-order valence-corrected chi connectivity index (χ0v) is 12.9. The zero-order valence-electron chi connectivity index (χ0n) is 11.3. The third-order valence-electron chi connectivity index (χ3n) is 2.99. The first-order chi connectivity index (χ1) is 10.3. The summed E-state index contributed by atoms with van der Waals surface area (Å²) < 4.78 is 38.3. The smallest absolute Gasteiger partial charge is 0.313 e. The molecule has 2 rings (SSSR count).